The third kappa shape index (κ3) is 5.25. The van der Waals surface area contributed by atoms with Crippen molar-refractivity contribution in [2.24, 2.45) is 11.1 Å². The zero-order chi connectivity index (χ0) is 14.5. The van der Waals surface area contributed by atoms with Crippen LogP contribution < -0.4 is 11.1 Å². The van der Waals surface area contributed by atoms with Crippen LogP contribution >= 0.6 is 11.8 Å². The molecule has 19 heavy (non-hydrogen) atoms. The average Bonchev–Trinajstić information content (AvgIpc) is 2.36. The van der Waals surface area contributed by atoms with Gasteiger partial charge in [0.2, 0.25) is 5.91 Å². The fourth-order valence-electron chi connectivity index (χ4n) is 1.59. The normalized spacial score (nSPS) is 13.1. The highest BCUT2D eigenvalue weighted by molar-refractivity contribution is 7.98. The molecule has 4 heteroatoms. The fourth-order valence-corrected chi connectivity index (χ4v) is 2.03. The monoisotopic (exact) mass is 280 g/mol. The third-order valence-corrected chi connectivity index (χ3v) is 3.64. The van der Waals surface area contributed by atoms with Crippen LogP contribution in [0.1, 0.15) is 26.3 Å². The van der Waals surface area contributed by atoms with Crippen molar-refractivity contribution >= 4 is 23.4 Å². The van der Waals surface area contributed by atoms with Gasteiger partial charge in [0.25, 0.3) is 0 Å². The van der Waals surface area contributed by atoms with Gasteiger partial charge < -0.3 is 11.1 Å². The fraction of sp³-hybridized carbons (Fsp3) is 0.533. The zero-order valence-electron chi connectivity index (χ0n) is 12.2. The van der Waals surface area contributed by atoms with Gasteiger partial charge in [0.15, 0.2) is 0 Å². The van der Waals surface area contributed by atoms with Crippen LogP contribution in [0.25, 0.3) is 0 Å². The number of aryl methyl sites for hydroxylation is 1. The Morgan fingerprint density at radius 1 is 1.32 bits per heavy atom. The molecule has 0 aromatic heterocycles. The predicted molar refractivity (Wildman–Crippen MR) is 84.6 cm³/mol. The highest BCUT2D eigenvalue weighted by atomic mass is 32.2. The number of carbonyl (C=O) groups excluding carboxylic acids is 1. The zero-order valence-corrected chi connectivity index (χ0v) is 13.0. The maximum atomic E-state index is 12.0. The molecule has 0 fully saturated rings. The van der Waals surface area contributed by atoms with Gasteiger partial charge in [-0.15, -0.1) is 0 Å². The Bertz CT molecular complexity index is 409. The van der Waals surface area contributed by atoms with Crippen LogP contribution in [0.15, 0.2) is 24.3 Å². The van der Waals surface area contributed by atoms with Gasteiger partial charge in [-0.2, -0.15) is 11.8 Å². The minimum atomic E-state index is -0.510. The molecule has 106 valence electrons. The molecule has 3 nitrogen and oxygen atoms in total. The van der Waals surface area contributed by atoms with Crippen molar-refractivity contribution in [3.05, 3.63) is 29.8 Å². The van der Waals surface area contributed by atoms with E-state index in [2.05, 4.69) is 23.7 Å². The van der Waals surface area contributed by atoms with E-state index in [-0.39, 0.29) is 11.3 Å². The van der Waals surface area contributed by atoms with Crippen molar-refractivity contribution in [3.8, 4) is 0 Å². The second kappa shape index (κ2) is 6.96. The summed E-state index contributed by atoms with van der Waals surface area (Å²) >= 11 is 1.83. The quantitative estimate of drug-likeness (QED) is 0.872. The van der Waals surface area contributed by atoms with E-state index in [1.807, 2.05) is 44.7 Å². The van der Waals surface area contributed by atoms with Crippen LogP contribution in [-0.2, 0) is 11.2 Å². The number of rotatable bonds is 5. The molecule has 1 atom stereocenters. The van der Waals surface area contributed by atoms with Crippen molar-refractivity contribution in [3.63, 3.8) is 0 Å². The topological polar surface area (TPSA) is 55.1 Å². The first-order chi connectivity index (χ1) is 8.84. The molecule has 0 heterocycles. The molecular formula is C15H24N2OS. The lowest BCUT2D eigenvalue weighted by Crippen LogP contribution is -2.45. The summed E-state index contributed by atoms with van der Waals surface area (Å²) in [4.78, 5) is 12.0. The predicted octanol–water partition coefficient (Wildman–Crippen LogP) is 2.90. The van der Waals surface area contributed by atoms with Gasteiger partial charge in [-0.05, 0) is 41.5 Å². The Balaban J connectivity index is 2.60. The first kappa shape index (κ1) is 16.1. The molecule has 3 N–H and O–H groups in total. The largest absolute Gasteiger partial charge is 0.325 e. The molecule has 0 aliphatic carbocycles. The van der Waals surface area contributed by atoms with E-state index in [9.17, 15) is 4.79 Å². The Morgan fingerprint density at radius 3 is 2.37 bits per heavy atom. The summed E-state index contributed by atoms with van der Waals surface area (Å²) in [5.74, 6) is 0.977. The molecule has 0 aliphatic rings. The average molecular weight is 280 g/mol. The molecule has 0 unspecified atom stereocenters. The van der Waals surface area contributed by atoms with Crippen molar-refractivity contribution < 1.29 is 4.79 Å². The van der Waals surface area contributed by atoms with E-state index in [1.54, 1.807) is 0 Å². The number of hydrogen-bond acceptors (Lipinski definition) is 3. The summed E-state index contributed by atoms with van der Waals surface area (Å²) < 4.78 is 0. The Morgan fingerprint density at radius 2 is 1.89 bits per heavy atom. The molecule has 0 spiro atoms. The number of thioether (sulfide) groups is 1. The Labute approximate surface area is 120 Å². The van der Waals surface area contributed by atoms with E-state index < -0.39 is 6.04 Å². The Hall–Kier alpha value is -1.00. The highest BCUT2D eigenvalue weighted by Gasteiger charge is 2.27. The molecular weight excluding hydrogens is 256 g/mol. The van der Waals surface area contributed by atoms with Crippen LogP contribution in [0.2, 0.25) is 0 Å². The summed E-state index contributed by atoms with van der Waals surface area (Å²) in [6, 6.07) is 7.46. The lowest BCUT2D eigenvalue weighted by Gasteiger charge is -2.25. The summed E-state index contributed by atoms with van der Waals surface area (Å²) in [6.07, 6.45) is 3.15. The van der Waals surface area contributed by atoms with Gasteiger partial charge in [0, 0.05) is 5.69 Å². The van der Waals surface area contributed by atoms with Gasteiger partial charge in [0.1, 0.15) is 0 Å². The van der Waals surface area contributed by atoms with Crippen molar-refractivity contribution in [1.29, 1.82) is 0 Å². The standard InChI is InChI=1S/C15H24N2OS/c1-15(2,3)13(16)14(18)17-12-7-5-11(6-8-12)9-10-19-4/h5-8,13H,9-10,16H2,1-4H3,(H,17,18)/t13-/m1/s1. The smallest absolute Gasteiger partial charge is 0.241 e. The molecule has 0 aliphatic heterocycles. The van der Waals surface area contributed by atoms with Gasteiger partial charge in [0.05, 0.1) is 6.04 Å². The summed E-state index contributed by atoms with van der Waals surface area (Å²) in [7, 11) is 0. The maximum Gasteiger partial charge on any atom is 0.241 e. The second-order valence-electron chi connectivity index (χ2n) is 5.77. The number of nitrogens with one attached hydrogen (secondary N) is 1. The molecule has 0 bridgehead atoms. The number of carbonyl (C=O) groups is 1. The van der Waals surface area contributed by atoms with E-state index in [4.69, 9.17) is 5.73 Å². The van der Waals surface area contributed by atoms with Crippen LogP contribution in [0, 0.1) is 5.41 Å². The highest BCUT2D eigenvalue weighted by Crippen LogP contribution is 2.19. The van der Waals surface area contributed by atoms with Crippen LogP contribution in [-0.4, -0.2) is 24.0 Å². The van der Waals surface area contributed by atoms with Gasteiger partial charge in [-0.1, -0.05) is 32.9 Å². The molecule has 0 saturated heterocycles. The lowest BCUT2D eigenvalue weighted by molar-refractivity contribution is -0.119. The van der Waals surface area contributed by atoms with Crippen molar-refractivity contribution in [2.75, 3.05) is 17.3 Å². The van der Waals surface area contributed by atoms with E-state index in [0.29, 0.717) is 0 Å². The number of benzene rings is 1. The minimum absolute atomic E-state index is 0.135. The van der Waals surface area contributed by atoms with E-state index in [0.717, 1.165) is 17.9 Å². The van der Waals surface area contributed by atoms with Crippen LogP contribution in [0.5, 0.6) is 0 Å². The molecule has 0 saturated carbocycles. The van der Waals surface area contributed by atoms with Crippen molar-refractivity contribution in [2.45, 2.75) is 33.2 Å². The second-order valence-corrected chi connectivity index (χ2v) is 6.76. The first-order valence-electron chi connectivity index (χ1n) is 6.49. The maximum absolute atomic E-state index is 12.0. The number of anilines is 1. The number of hydrogen-bond donors (Lipinski definition) is 2. The molecule has 1 aromatic rings. The summed E-state index contributed by atoms with van der Waals surface area (Å²) in [5.41, 5.74) is 7.78. The Kier molecular flexibility index (Phi) is 5.88. The number of nitrogens with two attached hydrogens (primary N) is 1. The molecule has 1 amide bonds. The minimum Gasteiger partial charge on any atom is -0.325 e. The van der Waals surface area contributed by atoms with Crippen molar-refractivity contribution in [1.82, 2.24) is 0 Å². The lowest BCUT2D eigenvalue weighted by atomic mass is 9.87. The van der Waals surface area contributed by atoms with Crippen LogP contribution in [0.4, 0.5) is 5.69 Å². The molecule has 0 radical (unpaired) electrons. The number of amides is 1. The van der Waals surface area contributed by atoms with Gasteiger partial charge >= 0.3 is 0 Å². The third-order valence-electron chi connectivity index (χ3n) is 3.03. The van der Waals surface area contributed by atoms with E-state index >= 15 is 0 Å². The first-order valence-corrected chi connectivity index (χ1v) is 7.88. The molecule has 1 aromatic carbocycles. The van der Waals surface area contributed by atoms with E-state index in [1.165, 1.54) is 5.56 Å². The van der Waals surface area contributed by atoms with Gasteiger partial charge in [-0.25, -0.2) is 0 Å². The van der Waals surface area contributed by atoms with Gasteiger partial charge in [-0.3, -0.25) is 4.79 Å². The SMILES string of the molecule is CSCCc1ccc(NC(=O)[C@@H](N)C(C)(C)C)cc1. The van der Waals surface area contributed by atoms with Crippen LogP contribution in [0.3, 0.4) is 0 Å². The summed E-state index contributed by atoms with van der Waals surface area (Å²) in [6.45, 7) is 5.88. The molecule has 1 rings (SSSR count). The summed E-state index contributed by atoms with van der Waals surface area (Å²) in [5, 5.41) is 2.86.